The van der Waals surface area contributed by atoms with Crippen molar-refractivity contribution in [3.8, 4) is 0 Å². The van der Waals surface area contributed by atoms with Crippen LogP contribution in [0.1, 0.15) is 70.6 Å². The number of hydrogen-bond acceptors (Lipinski definition) is 3. The lowest BCUT2D eigenvalue weighted by Crippen LogP contribution is -2.26. The summed E-state index contributed by atoms with van der Waals surface area (Å²) in [5, 5.41) is 6.20. The van der Waals surface area contributed by atoms with Gasteiger partial charge < -0.3 is 9.88 Å². The highest BCUT2D eigenvalue weighted by atomic mass is 32.1. The zero-order valence-corrected chi connectivity index (χ0v) is 15.7. The molecule has 1 fully saturated rings. The average molecular weight is 346 g/mol. The van der Waals surface area contributed by atoms with E-state index in [1.807, 2.05) is 13.0 Å². The number of nitrogens with zero attached hydrogens (tertiary/aromatic N) is 2. The molecule has 1 aliphatic carbocycles. The van der Waals surface area contributed by atoms with Crippen LogP contribution in [0.25, 0.3) is 0 Å². The van der Waals surface area contributed by atoms with E-state index in [1.54, 1.807) is 11.3 Å². The normalized spacial score (nSPS) is 15.6. The van der Waals surface area contributed by atoms with Gasteiger partial charge in [0.1, 0.15) is 0 Å². The molecule has 4 nitrogen and oxygen atoms in total. The van der Waals surface area contributed by atoms with Crippen LogP contribution in [0.3, 0.4) is 0 Å². The number of carbonyl (C=O) groups excluding carboxylic acids is 1. The van der Waals surface area contributed by atoms with Crippen molar-refractivity contribution in [2.45, 2.75) is 65.3 Å². The predicted octanol–water partition coefficient (Wildman–Crippen LogP) is 4.35. The molecule has 2 aromatic heterocycles. The van der Waals surface area contributed by atoms with Crippen molar-refractivity contribution in [3.63, 3.8) is 0 Å². The van der Waals surface area contributed by atoms with E-state index >= 15 is 0 Å². The van der Waals surface area contributed by atoms with Crippen LogP contribution in [0.5, 0.6) is 0 Å². The molecule has 3 rings (SSSR count). The van der Waals surface area contributed by atoms with Crippen molar-refractivity contribution in [1.82, 2.24) is 14.9 Å². The van der Waals surface area contributed by atoms with Crippen LogP contribution in [-0.4, -0.2) is 22.0 Å². The summed E-state index contributed by atoms with van der Waals surface area (Å²) in [5.74, 6) is 0.0390. The number of hydrogen-bond donors (Lipinski definition) is 1. The molecule has 0 atom stereocenters. The van der Waals surface area contributed by atoms with Crippen LogP contribution in [0, 0.1) is 20.8 Å². The summed E-state index contributed by atoms with van der Waals surface area (Å²) in [7, 11) is 0. The molecule has 0 spiro atoms. The van der Waals surface area contributed by atoms with Gasteiger partial charge in [-0.2, -0.15) is 0 Å². The monoisotopic (exact) mass is 345 g/mol. The average Bonchev–Trinajstić information content (AvgIpc) is 3.11. The van der Waals surface area contributed by atoms with Crippen molar-refractivity contribution < 1.29 is 4.79 Å². The molecule has 1 N–H and O–H groups in total. The lowest BCUT2D eigenvalue weighted by molar-refractivity contribution is 0.0953. The number of carbonyl (C=O) groups is 1. The maximum Gasteiger partial charge on any atom is 0.253 e. The van der Waals surface area contributed by atoms with Crippen LogP contribution in [0.2, 0.25) is 0 Å². The van der Waals surface area contributed by atoms with Gasteiger partial charge in [-0.1, -0.05) is 19.3 Å². The molecule has 130 valence electrons. The maximum absolute atomic E-state index is 12.6. The minimum Gasteiger partial charge on any atom is -0.352 e. The van der Waals surface area contributed by atoms with Gasteiger partial charge in [-0.05, 0) is 39.7 Å². The first-order valence-electron chi connectivity index (χ1n) is 8.94. The molecule has 2 aromatic rings. The first-order chi connectivity index (χ1) is 11.6. The van der Waals surface area contributed by atoms with Gasteiger partial charge >= 0.3 is 0 Å². The van der Waals surface area contributed by atoms with Crippen LogP contribution in [0.4, 0.5) is 0 Å². The van der Waals surface area contributed by atoms with E-state index in [2.05, 4.69) is 34.1 Å². The summed E-state index contributed by atoms with van der Waals surface area (Å²) in [6, 6.07) is 2.62. The van der Waals surface area contributed by atoms with Gasteiger partial charge in [0.05, 0.1) is 16.3 Å². The van der Waals surface area contributed by atoms with Crippen molar-refractivity contribution in [2.75, 3.05) is 6.54 Å². The Morgan fingerprint density at radius 2 is 2.04 bits per heavy atom. The van der Waals surface area contributed by atoms with E-state index in [0.29, 0.717) is 12.6 Å². The summed E-state index contributed by atoms with van der Waals surface area (Å²) < 4.78 is 2.39. The number of nitrogens with one attached hydrogen (secondary N) is 1. The number of amides is 1. The second-order valence-corrected chi connectivity index (χ2v) is 7.87. The van der Waals surface area contributed by atoms with E-state index in [1.165, 1.54) is 37.8 Å². The fourth-order valence-electron chi connectivity index (χ4n) is 3.83. The van der Waals surface area contributed by atoms with Gasteiger partial charge in [-0.25, -0.2) is 4.98 Å². The summed E-state index contributed by atoms with van der Waals surface area (Å²) in [5.41, 5.74) is 4.21. The first kappa shape index (κ1) is 17.2. The SMILES string of the molecule is Cc1nc(CCNC(=O)c2cc(C)n(C3CCCCC3)c2C)cs1. The number of thiazole rings is 1. The minimum absolute atomic E-state index is 0.0390. The van der Waals surface area contributed by atoms with Crippen LogP contribution in [-0.2, 0) is 6.42 Å². The van der Waals surface area contributed by atoms with Gasteiger partial charge in [-0.3, -0.25) is 4.79 Å². The number of aryl methyl sites for hydroxylation is 2. The fourth-order valence-corrected chi connectivity index (χ4v) is 4.48. The Balaban J connectivity index is 1.64. The van der Waals surface area contributed by atoms with Crippen LogP contribution in [0.15, 0.2) is 11.4 Å². The molecule has 1 aliphatic rings. The van der Waals surface area contributed by atoms with E-state index in [0.717, 1.165) is 28.4 Å². The van der Waals surface area contributed by atoms with Crippen molar-refractivity contribution in [3.05, 3.63) is 39.1 Å². The van der Waals surface area contributed by atoms with Crippen molar-refractivity contribution in [1.29, 1.82) is 0 Å². The highest BCUT2D eigenvalue weighted by Crippen LogP contribution is 2.32. The van der Waals surface area contributed by atoms with Gasteiger partial charge in [0.2, 0.25) is 0 Å². The van der Waals surface area contributed by atoms with E-state index in [9.17, 15) is 4.79 Å². The smallest absolute Gasteiger partial charge is 0.253 e. The molecule has 0 aromatic carbocycles. The minimum atomic E-state index is 0.0390. The van der Waals surface area contributed by atoms with E-state index in [4.69, 9.17) is 0 Å². The van der Waals surface area contributed by atoms with E-state index in [-0.39, 0.29) is 5.91 Å². The summed E-state index contributed by atoms with van der Waals surface area (Å²) in [6.07, 6.45) is 7.21. The summed E-state index contributed by atoms with van der Waals surface area (Å²) >= 11 is 1.66. The van der Waals surface area contributed by atoms with Crippen molar-refractivity contribution in [2.24, 2.45) is 0 Å². The highest BCUT2D eigenvalue weighted by Gasteiger charge is 2.22. The molecule has 1 saturated carbocycles. The Morgan fingerprint density at radius 3 is 2.71 bits per heavy atom. The molecule has 1 amide bonds. The van der Waals surface area contributed by atoms with E-state index < -0.39 is 0 Å². The Bertz CT molecular complexity index is 710. The van der Waals surface area contributed by atoms with Gasteiger partial charge in [-0.15, -0.1) is 11.3 Å². The molecule has 0 radical (unpaired) electrons. The van der Waals surface area contributed by atoms with Crippen molar-refractivity contribution >= 4 is 17.2 Å². The molecule has 0 aliphatic heterocycles. The second kappa shape index (κ2) is 7.51. The molecular weight excluding hydrogens is 318 g/mol. The third kappa shape index (κ3) is 3.72. The Hall–Kier alpha value is -1.62. The molecule has 5 heteroatoms. The topological polar surface area (TPSA) is 46.9 Å². The second-order valence-electron chi connectivity index (χ2n) is 6.81. The quantitative estimate of drug-likeness (QED) is 0.876. The largest absolute Gasteiger partial charge is 0.352 e. The summed E-state index contributed by atoms with van der Waals surface area (Å²) in [6.45, 7) is 6.85. The summed E-state index contributed by atoms with van der Waals surface area (Å²) in [4.78, 5) is 17.0. The van der Waals surface area contributed by atoms with Gasteiger partial charge in [0.25, 0.3) is 5.91 Å². The highest BCUT2D eigenvalue weighted by molar-refractivity contribution is 7.09. The van der Waals surface area contributed by atoms with Crippen LogP contribution >= 0.6 is 11.3 Å². The zero-order chi connectivity index (χ0) is 17.1. The van der Waals surface area contributed by atoms with Gasteiger partial charge in [0, 0.05) is 35.8 Å². The number of rotatable bonds is 5. The molecular formula is C19H27N3OS. The molecule has 0 saturated heterocycles. The maximum atomic E-state index is 12.6. The molecule has 0 bridgehead atoms. The molecule has 0 unspecified atom stereocenters. The zero-order valence-electron chi connectivity index (χ0n) is 14.9. The predicted molar refractivity (Wildman–Crippen MR) is 98.9 cm³/mol. The lowest BCUT2D eigenvalue weighted by atomic mass is 9.95. The first-order valence-corrected chi connectivity index (χ1v) is 9.82. The third-order valence-electron chi connectivity index (χ3n) is 5.00. The number of aromatic nitrogens is 2. The van der Waals surface area contributed by atoms with Gasteiger partial charge in [0.15, 0.2) is 0 Å². The standard InChI is InChI=1S/C19H27N3OS/c1-13-11-18(14(2)22(13)17-7-5-4-6-8-17)19(23)20-10-9-16-12-24-15(3)21-16/h11-12,17H,4-10H2,1-3H3,(H,20,23). The lowest BCUT2D eigenvalue weighted by Gasteiger charge is -2.26. The molecule has 24 heavy (non-hydrogen) atoms. The third-order valence-corrected chi connectivity index (χ3v) is 5.82. The molecule has 2 heterocycles. The Kier molecular flexibility index (Phi) is 5.39. The fraction of sp³-hybridized carbons (Fsp3) is 0.579. The Morgan fingerprint density at radius 1 is 1.29 bits per heavy atom. The van der Waals surface area contributed by atoms with Crippen LogP contribution < -0.4 is 5.32 Å². The Labute approximate surface area is 148 Å².